The van der Waals surface area contributed by atoms with Gasteiger partial charge in [0, 0.05) is 19.4 Å². The highest BCUT2D eigenvalue weighted by Crippen LogP contribution is 2.07. The summed E-state index contributed by atoms with van der Waals surface area (Å²) < 4.78 is 10.0. The van der Waals surface area contributed by atoms with Crippen LogP contribution in [0, 0.1) is 11.3 Å². The Morgan fingerprint density at radius 2 is 1.70 bits per heavy atom. The monoisotopic (exact) mass is 324 g/mol. The van der Waals surface area contributed by atoms with Crippen molar-refractivity contribution in [2.75, 3.05) is 26.4 Å². The molecule has 0 fully saturated rings. The van der Waals surface area contributed by atoms with Crippen LogP contribution in [0.25, 0.3) is 0 Å². The molecule has 0 aliphatic rings. The quantitative estimate of drug-likeness (QED) is 0.215. The molecular weight excluding hydrogens is 292 g/mol. The lowest BCUT2D eigenvalue weighted by Gasteiger charge is -2.05. The third-order valence-corrected chi connectivity index (χ3v) is 3.43. The van der Waals surface area contributed by atoms with E-state index in [0.29, 0.717) is 13.2 Å². The van der Waals surface area contributed by atoms with Gasteiger partial charge in [-0.25, -0.2) is 4.79 Å². The fourth-order valence-corrected chi connectivity index (χ4v) is 2.09. The zero-order valence-corrected chi connectivity index (χ0v) is 14.7. The van der Waals surface area contributed by atoms with Gasteiger partial charge in [-0.05, 0) is 13.3 Å². The van der Waals surface area contributed by atoms with Crippen LogP contribution in [-0.2, 0) is 14.3 Å². The van der Waals surface area contributed by atoms with E-state index in [1.54, 1.807) is 0 Å². The normalized spacial score (nSPS) is 11.1. The number of unbranched alkanes of at least 4 members (excludes halogenated alkanes) is 7. The highest BCUT2D eigenvalue weighted by Gasteiger charge is 2.09. The summed E-state index contributed by atoms with van der Waals surface area (Å²) in [6.45, 7) is 5.97. The molecule has 5 heteroatoms. The number of esters is 1. The molecule has 0 saturated carbocycles. The maximum absolute atomic E-state index is 11.6. The van der Waals surface area contributed by atoms with Crippen molar-refractivity contribution in [3.05, 3.63) is 11.8 Å². The summed E-state index contributed by atoms with van der Waals surface area (Å²) in [6.07, 6.45) is 11.5. The van der Waals surface area contributed by atoms with Crippen molar-refractivity contribution in [3.8, 4) is 6.07 Å². The summed E-state index contributed by atoms with van der Waals surface area (Å²) >= 11 is 0. The Bertz CT molecular complexity index is 362. The van der Waals surface area contributed by atoms with E-state index in [1.807, 2.05) is 13.0 Å². The number of nitrogens with zero attached hydrogens (tertiary/aromatic N) is 1. The van der Waals surface area contributed by atoms with Crippen molar-refractivity contribution < 1.29 is 14.3 Å². The van der Waals surface area contributed by atoms with E-state index in [1.165, 1.54) is 51.1 Å². The fourth-order valence-electron chi connectivity index (χ4n) is 2.09. The van der Waals surface area contributed by atoms with Gasteiger partial charge in [-0.15, -0.1) is 0 Å². The van der Waals surface area contributed by atoms with Gasteiger partial charge >= 0.3 is 5.97 Å². The Kier molecular flexibility index (Phi) is 15.7. The lowest BCUT2D eigenvalue weighted by Crippen LogP contribution is -2.15. The average Bonchev–Trinajstić information content (AvgIpc) is 2.56. The maximum Gasteiger partial charge on any atom is 0.350 e. The molecule has 0 aromatic rings. The summed E-state index contributed by atoms with van der Waals surface area (Å²) in [4.78, 5) is 11.6. The van der Waals surface area contributed by atoms with Crippen molar-refractivity contribution in [3.63, 3.8) is 0 Å². The van der Waals surface area contributed by atoms with Crippen LogP contribution in [-0.4, -0.2) is 32.3 Å². The van der Waals surface area contributed by atoms with Gasteiger partial charge in [0.1, 0.15) is 12.7 Å². The van der Waals surface area contributed by atoms with Gasteiger partial charge in [-0.3, -0.25) is 0 Å². The first-order chi connectivity index (χ1) is 11.3. The molecule has 0 atom stereocenters. The molecule has 0 aromatic carbocycles. The number of hydrogen-bond donors (Lipinski definition) is 1. The van der Waals surface area contributed by atoms with Crippen LogP contribution in [0.15, 0.2) is 11.8 Å². The van der Waals surface area contributed by atoms with Crippen LogP contribution >= 0.6 is 0 Å². The van der Waals surface area contributed by atoms with Gasteiger partial charge in [0.15, 0.2) is 5.57 Å². The molecule has 1 N–H and O–H groups in total. The third-order valence-electron chi connectivity index (χ3n) is 3.43. The first-order valence-corrected chi connectivity index (χ1v) is 8.84. The Balaban J connectivity index is 3.65. The molecule has 0 radical (unpaired) electrons. The minimum absolute atomic E-state index is 0.000985. The number of ether oxygens (including phenoxy) is 2. The molecule has 5 nitrogen and oxygen atoms in total. The van der Waals surface area contributed by atoms with Crippen LogP contribution in [0.1, 0.15) is 65.2 Å². The molecule has 0 unspecified atom stereocenters. The van der Waals surface area contributed by atoms with Crippen molar-refractivity contribution in [2.45, 2.75) is 65.2 Å². The van der Waals surface area contributed by atoms with Gasteiger partial charge < -0.3 is 14.8 Å². The number of carbonyl (C=O) groups is 1. The second-order valence-electron chi connectivity index (χ2n) is 5.43. The van der Waals surface area contributed by atoms with Gasteiger partial charge in [-0.2, -0.15) is 5.26 Å². The highest BCUT2D eigenvalue weighted by molar-refractivity contribution is 5.92. The SMILES string of the molecule is CCCCCCCCCCNC=C(C#N)C(=O)OCCOCC. The summed E-state index contributed by atoms with van der Waals surface area (Å²) in [5.41, 5.74) is 0.000985. The minimum atomic E-state index is -0.601. The summed E-state index contributed by atoms with van der Waals surface area (Å²) in [7, 11) is 0. The first kappa shape index (κ1) is 21.5. The molecule has 0 rings (SSSR count). The Morgan fingerprint density at radius 3 is 2.30 bits per heavy atom. The van der Waals surface area contributed by atoms with E-state index < -0.39 is 5.97 Å². The molecule has 0 aliphatic heterocycles. The average molecular weight is 324 g/mol. The van der Waals surface area contributed by atoms with Crippen LogP contribution in [0.4, 0.5) is 0 Å². The molecule has 0 amide bonds. The minimum Gasteiger partial charge on any atom is -0.459 e. The second-order valence-corrected chi connectivity index (χ2v) is 5.43. The molecule has 0 aromatic heterocycles. The lowest BCUT2D eigenvalue weighted by molar-refractivity contribution is -0.140. The number of nitrogens with one attached hydrogen (secondary N) is 1. The topological polar surface area (TPSA) is 71.4 Å². The molecule has 0 heterocycles. The van der Waals surface area contributed by atoms with Crippen LogP contribution in [0.3, 0.4) is 0 Å². The third kappa shape index (κ3) is 13.8. The summed E-state index contributed by atoms with van der Waals surface area (Å²) in [6, 6.07) is 1.86. The van der Waals surface area contributed by atoms with E-state index in [9.17, 15) is 4.79 Å². The Hall–Kier alpha value is -1.54. The van der Waals surface area contributed by atoms with E-state index in [0.717, 1.165) is 13.0 Å². The largest absolute Gasteiger partial charge is 0.459 e. The molecule has 23 heavy (non-hydrogen) atoms. The van der Waals surface area contributed by atoms with Gasteiger partial charge in [-0.1, -0.05) is 51.9 Å². The summed E-state index contributed by atoms with van der Waals surface area (Å²) in [5, 5.41) is 12.0. The molecule has 0 spiro atoms. The molecule has 132 valence electrons. The van der Waals surface area contributed by atoms with E-state index in [4.69, 9.17) is 14.7 Å². The van der Waals surface area contributed by atoms with Crippen molar-refractivity contribution in [1.82, 2.24) is 5.32 Å². The predicted molar refractivity (Wildman–Crippen MR) is 91.8 cm³/mol. The fraction of sp³-hybridized carbons (Fsp3) is 0.778. The molecule has 0 saturated heterocycles. The number of rotatable bonds is 15. The van der Waals surface area contributed by atoms with Crippen molar-refractivity contribution in [2.24, 2.45) is 0 Å². The predicted octanol–water partition coefficient (Wildman–Crippen LogP) is 3.70. The van der Waals surface area contributed by atoms with Crippen LogP contribution < -0.4 is 5.32 Å². The summed E-state index contributed by atoms with van der Waals surface area (Å²) in [5.74, 6) is -0.601. The number of nitriles is 1. The number of hydrogen-bond acceptors (Lipinski definition) is 5. The van der Waals surface area contributed by atoms with Crippen LogP contribution in [0.2, 0.25) is 0 Å². The zero-order chi connectivity index (χ0) is 17.2. The highest BCUT2D eigenvalue weighted by atomic mass is 16.6. The molecular formula is C18H32N2O3. The van der Waals surface area contributed by atoms with Gasteiger partial charge in [0.05, 0.1) is 6.61 Å². The maximum atomic E-state index is 11.6. The second kappa shape index (κ2) is 16.8. The molecule has 0 bridgehead atoms. The van der Waals surface area contributed by atoms with Crippen LogP contribution in [0.5, 0.6) is 0 Å². The zero-order valence-electron chi connectivity index (χ0n) is 14.7. The van der Waals surface area contributed by atoms with E-state index in [-0.39, 0.29) is 12.2 Å². The Morgan fingerprint density at radius 1 is 1.04 bits per heavy atom. The van der Waals surface area contributed by atoms with E-state index >= 15 is 0 Å². The lowest BCUT2D eigenvalue weighted by atomic mass is 10.1. The standard InChI is InChI=1S/C18H32N2O3/c1-3-5-6-7-8-9-10-11-12-20-16-17(15-19)18(21)23-14-13-22-4-2/h16,20H,3-14H2,1-2H3. The molecule has 0 aliphatic carbocycles. The van der Waals surface area contributed by atoms with Gasteiger partial charge in [0.2, 0.25) is 0 Å². The van der Waals surface area contributed by atoms with Crippen molar-refractivity contribution >= 4 is 5.97 Å². The first-order valence-electron chi connectivity index (χ1n) is 8.84. The number of carbonyl (C=O) groups excluding carboxylic acids is 1. The van der Waals surface area contributed by atoms with Crippen molar-refractivity contribution in [1.29, 1.82) is 5.26 Å². The Labute approximate surface area is 141 Å². The smallest absolute Gasteiger partial charge is 0.350 e. The van der Waals surface area contributed by atoms with Gasteiger partial charge in [0.25, 0.3) is 0 Å². The van der Waals surface area contributed by atoms with E-state index in [2.05, 4.69) is 12.2 Å².